The number of ether oxygens (including phenoxy) is 1. The number of benzene rings is 1. The second kappa shape index (κ2) is 13.4. The summed E-state index contributed by atoms with van der Waals surface area (Å²) in [6.07, 6.45) is 6.09. The van der Waals surface area contributed by atoms with Gasteiger partial charge in [-0.15, -0.1) is 0 Å². The number of likely N-dealkylation sites (N-methyl/N-ethyl adjacent to an activating group) is 1. The molecule has 0 saturated carbocycles. The van der Waals surface area contributed by atoms with Gasteiger partial charge in [-0.05, 0) is 53.4 Å². The molecule has 3 aromatic rings. The van der Waals surface area contributed by atoms with Crippen LogP contribution in [0.25, 0.3) is 11.2 Å². The van der Waals surface area contributed by atoms with E-state index in [1.807, 2.05) is 36.9 Å². The Bertz CT molecular complexity index is 1400. The Labute approximate surface area is 240 Å². The Balaban J connectivity index is 1.44. The first kappa shape index (κ1) is 30.4. The first-order valence-electron chi connectivity index (χ1n) is 13.6. The standard InChI is InChI=1S/C27H39N8O5P/c1-18(2)39-26(36)19(3)33-41(37,40-22-9-7-6-8-10-22)38-16-20-11-12-21(15-20)35-17-30-23-24(29-13-14-34(4)5)31-27(28)32-25(23)35/h6-12,17-21H,13-16H2,1-5H3,(H,33,37)(H3,28,29,31,32)/t19-,20+,21-,41-/m0/s1. The van der Waals surface area contributed by atoms with Crippen LogP contribution in [0.5, 0.6) is 5.75 Å². The lowest BCUT2D eigenvalue weighted by molar-refractivity contribution is -0.149. The van der Waals surface area contributed by atoms with Gasteiger partial charge < -0.3 is 29.8 Å². The number of carbonyl (C=O) groups is 1. The summed E-state index contributed by atoms with van der Waals surface area (Å²) in [4.78, 5) is 27.8. The third kappa shape index (κ3) is 8.26. The molecule has 0 radical (unpaired) electrons. The monoisotopic (exact) mass is 586 g/mol. The number of hydrogen-bond acceptors (Lipinski definition) is 11. The lowest BCUT2D eigenvalue weighted by Gasteiger charge is -2.24. The summed E-state index contributed by atoms with van der Waals surface area (Å²) >= 11 is 0. The van der Waals surface area contributed by atoms with Gasteiger partial charge in [0.25, 0.3) is 0 Å². The number of nitrogen functional groups attached to an aromatic ring is 1. The maximum atomic E-state index is 13.8. The molecule has 13 nitrogen and oxygen atoms in total. The predicted molar refractivity (Wildman–Crippen MR) is 158 cm³/mol. The Kier molecular flexibility index (Phi) is 9.98. The quantitative estimate of drug-likeness (QED) is 0.143. The van der Waals surface area contributed by atoms with E-state index in [1.54, 1.807) is 51.4 Å². The summed E-state index contributed by atoms with van der Waals surface area (Å²) in [5.74, 6) is 0.463. The lowest BCUT2D eigenvalue weighted by atomic mass is 10.1. The zero-order valence-corrected chi connectivity index (χ0v) is 25.0. The minimum Gasteiger partial charge on any atom is -0.462 e. The minimum atomic E-state index is -3.95. The molecule has 0 saturated heterocycles. The number of aromatic nitrogens is 4. The van der Waals surface area contributed by atoms with Crippen LogP contribution in [0, 0.1) is 5.92 Å². The molecule has 4 atom stereocenters. The van der Waals surface area contributed by atoms with E-state index >= 15 is 0 Å². The summed E-state index contributed by atoms with van der Waals surface area (Å²) in [5.41, 5.74) is 7.28. The molecule has 0 unspecified atom stereocenters. The highest BCUT2D eigenvalue weighted by atomic mass is 31.2. The third-order valence-electron chi connectivity index (χ3n) is 6.28. The minimum absolute atomic E-state index is 0.0696. The van der Waals surface area contributed by atoms with Gasteiger partial charge in [-0.2, -0.15) is 15.1 Å². The van der Waals surface area contributed by atoms with E-state index in [0.717, 1.165) is 6.54 Å². The van der Waals surface area contributed by atoms with Crippen molar-refractivity contribution in [1.82, 2.24) is 29.5 Å². The van der Waals surface area contributed by atoms with Crippen LogP contribution in [0.2, 0.25) is 0 Å². The molecule has 41 heavy (non-hydrogen) atoms. The van der Waals surface area contributed by atoms with Gasteiger partial charge >= 0.3 is 13.7 Å². The fourth-order valence-electron chi connectivity index (χ4n) is 4.31. The molecule has 14 heteroatoms. The smallest absolute Gasteiger partial charge is 0.459 e. The van der Waals surface area contributed by atoms with Crippen LogP contribution in [0.15, 0.2) is 48.8 Å². The number of nitrogens with one attached hydrogen (secondary N) is 2. The van der Waals surface area contributed by atoms with Gasteiger partial charge in [0, 0.05) is 19.0 Å². The molecule has 0 aliphatic heterocycles. The average Bonchev–Trinajstić information content (AvgIpc) is 3.54. The Hall–Kier alpha value is -3.51. The number of nitrogens with two attached hydrogens (primary N) is 1. The number of nitrogens with zero attached hydrogens (tertiary/aromatic N) is 5. The van der Waals surface area contributed by atoms with Gasteiger partial charge in [-0.25, -0.2) is 9.55 Å². The van der Waals surface area contributed by atoms with Crippen molar-refractivity contribution in [1.29, 1.82) is 0 Å². The van der Waals surface area contributed by atoms with E-state index in [2.05, 4.69) is 30.3 Å². The molecule has 4 N–H and O–H groups in total. The molecular formula is C27H39N8O5P. The lowest BCUT2D eigenvalue weighted by Crippen LogP contribution is -2.36. The molecule has 2 heterocycles. The van der Waals surface area contributed by atoms with Crippen LogP contribution in [0.4, 0.5) is 11.8 Å². The van der Waals surface area contributed by atoms with E-state index in [-0.39, 0.29) is 30.6 Å². The summed E-state index contributed by atoms with van der Waals surface area (Å²) in [6.45, 7) is 6.65. The van der Waals surface area contributed by atoms with Crippen LogP contribution >= 0.6 is 7.75 Å². The fourth-order valence-corrected chi connectivity index (χ4v) is 5.85. The predicted octanol–water partition coefficient (Wildman–Crippen LogP) is 3.63. The van der Waals surface area contributed by atoms with Gasteiger partial charge in [-0.3, -0.25) is 9.32 Å². The molecule has 1 aromatic carbocycles. The number of fused-ring (bicyclic) bond motifs is 1. The second-order valence-corrected chi connectivity index (χ2v) is 12.2. The van der Waals surface area contributed by atoms with Crippen molar-refractivity contribution < 1.29 is 23.1 Å². The Morgan fingerprint density at radius 1 is 1.20 bits per heavy atom. The van der Waals surface area contributed by atoms with Crippen LogP contribution in [-0.4, -0.2) is 76.3 Å². The number of rotatable bonds is 14. The van der Waals surface area contributed by atoms with Crippen LogP contribution in [0.1, 0.15) is 33.2 Å². The van der Waals surface area contributed by atoms with Crippen molar-refractivity contribution in [3.8, 4) is 5.75 Å². The molecule has 1 aliphatic rings. The van der Waals surface area contributed by atoms with Gasteiger partial charge in [0.2, 0.25) is 5.95 Å². The highest BCUT2D eigenvalue weighted by Crippen LogP contribution is 2.46. The summed E-state index contributed by atoms with van der Waals surface area (Å²) < 4.78 is 32.6. The third-order valence-corrected chi connectivity index (χ3v) is 7.93. The largest absolute Gasteiger partial charge is 0.462 e. The molecule has 1 aliphatic carbocycles. The van der Waals surface area contributed by atoms with Crippen molar-refractivity contribution in [2.24, 2.45) is 5.92 Å². The maximum absolute atomic E-state index is 13.8. The highest BCUT2D eigenvalue weighted by molar-refractivity contribution is 7.52. The van der Waals surface area contributed by atoms with Crippen molar-refractivity contribution in [2.45, 2.75) is 45.4 Å². The number of hydrogen-bond donors (Lipinski definition) is 3. The van der Waals surface area contributed by atoms with Gasteiger partial charge in [0.05, 0.1) is 25.1 Å². The van der Waals surface area contributed by atoms with Crippen molar-refractivity contribution in [3.05, 3.63) is 48.8 Å². The second-order valence-electron chi connectivity index (χ2n) is 10.5. The Morgan fingerprint density at radius 2 is 1.95 bits per heavy atom. The van der Waals surface area contributed by atoms with Crippen molar-refractivity contribution >= 4 is 36.6 Å². The molecule has 2 aromatic heterocycles. The zero-order valence-electron chi connectivity index (χ0n) is 24.1. The molecular weight excluding hydrogens is 547 g/mol. The van der Waals surface area contributed by atoms with Gasteiger partial charge in [-0.1, -0.05) is 30.4 Å². The number of anilines is 2. The van der Waals surface area contributed by atoms with Gasteiger partial charge in [0.15, 0.2) is 17.0 Å². The van der Waals surface area contributed by atoms with Crippen LogP contribution in [-0.2, 0) is 18.6 Å². The van der Waals surface area contributed by atoms with E-state index in [9.17, 15) is 9.36 Å². The molecule has 222 valence electrons. The highest BCUT2D eigenvalue weighted by Gasteiger charge is 2.34. The molecule has 0 spiro atoms. The topological polar surface area (TPSA) is 159 Å². The van der Waals surface area contributed by atoms with Crippen LogP contribution in [0.3, 0.4) is 0 Å². The molecule has 0 bridgehead atoms. The van der Waals surface area contributed by atoms with E-state index < -0.39 is 19.8 Å². The van der Waals surface area contributed by atoms with Crippen molar-refractivity contribution in [2.75, 3.05) is 44.8 Å². The first-order chi connectivity index (χ1) is 19.5. The van der Waals surface area contributed by atoms with Crippen LogP contribution < -0.4 is 20.7 Å². The molecule has 0 fully saturated rings. The fraction of sp³-hybridized carbons (Fsp3) is 0.481. The normalized spacial score (nSPS) is 19.0. The van der Waals surface area contributed by atoms with E-state index in [4.69, 9.17) is 19.5 Å². The number of allylic oxidation sites excluding steroid dienone is 1. The van der Waals surface area contributed by atoms with E-state index in [0.29, 0.717) is 35.7 Å². The number of esters is 1. The number of imidazole rings is 1. The molecule has 4 rings (SSSR count). The van der Waals surface area contributed by atoms with Gasteiger partial charge in [0.1, 0.15) is 11.8 Å². The average molecular weight is 587 g/mol. The molecule has 0 amide bonds. The summed E-state index contributed by atoms with van der Waals surface area (Å²) in [5, 5.41) is 6.02. The first-order valence-corrected chi connectivity index (χ1v) is 15.1. The van der Waals surface area contributed by atoms with E-state index in [1.165, 1.54) is 0 Å². The Morgan fingerprint density at radius 3 is 2.66 bits per heavy atom. The number of para-hydroxylation sites is 1. The number of carbonyl (C=O) groups excluding carboxylic acids is 1. The van der Waals surface area contributed by atoms with Crippen molar-refractivity contribution in [3.63, 3.8) is 0 Å². The SMILES string of the molecule is CC(C)OC(=O)[C@H](C)N[P@](=O)(OC[C@@H]1C=C[C@H](n2cnc3c(NCCN(C)C)nc(N)nc32)C1)Oc1ccccc1. The zero-order chi connectivity index (χ0) is 29.6. The summed E-state index contributed by atoms with van der Waals surface area (Å²) in [6, 6.07) is 7.69. The summed E-state index contributed by atoms with van der Waals surface area (Å²) in [7, 11) is 0.0442. The maximum Gasteiger partial charge on any atom is 0.459 e.